The molecule has 0 heterocycles. The van der Waals surface area contributed by atoms with Crippen molar-refractivity contribution in [3.05, 3.63) is 17.7 Å². The summed E-state index contributed by atoms with van der Waals surface area (Å²) in [6, 6.07) is 3.49. The molecule has 0 bridgehead atoms. The van der Waals surface area contributed by atoms with E-state index in [-0.39, 0.29) is 24.2 Å². The maximum absolute atomic E-state index is 12.0. The monoisotopic (exact) mass is 350 g/mol. The lowest BCUT2D eigenvalue weighted by Crippen LogP contribution is -2.31. The van der Waals surface area contributed by atoms with Crippen LogP contribution in [-0.4, -0.2) is 39.7 Å². The summed E-state index contributed by atoms with van der Waals surface area (Å²) >= 11 is 0. The molecule has 7 nitrogen and oxygen atoms in total. The number of ether oxygens (including phenoxy) is 3. The van der Waals surface area contributed by atoms with E-state index in [9.17, 15) is 9.59 Å². The molecular formula is C18H26N2O5. The van der Waals surface area contributed by atoms with Crippen LogP contribution in [0.15, 0.2) is 12.1 Å². The Morgan fingerprint density at radius 3 is 2.20 bits per heavy atom. The standard InChI is InChI=1S/C18H26N2O5/c1-11-7-13(11)18(22)19-6-5-17(21)20-10-12-8-15(24-3)16(25-4)9-14(12)23-2/h8-9,11,13H,5-7,10H2,1-4H3,(H,19,22)(H,20,21). The summed E-state index contributed by atoms with van der Waals surface area (Å²) in [5, 5.41) is 5.62. The molecule has 0 radical (unpaired) electrons. The second-order valence-electron chi connectivity index (χ2n) is 6.16. The van der Waals surface area contributed by atoms with Crippen molar-refractivity contribution in [1.82, 2.24) is 10.6 Å². The van der Waals surface area contributed by atoms with Gasteiger partial charge in [0.1, 0.15) is 5.75 Å². The van der Waals surface area contributed by atoms with E-state index < -0.39 is 0 Å². The minimum atomic E-state index is -0.138. The summed E-state index contributed by atoms with van der Waals surface area (Å²) < 4.78 is 15.8. The van der Waals surface area contributed by atoms with Gasteiger partial charge in [-0.2, -0.15) is 0 Å². The molecular weight excluding hydrogens is 324 g/mol. The fourth-order valence-corrected chi connectivity index (χ4v) is 2.63. The summed E-state index contributed by atoms with van der Waals surface area (Å²) in [7, 11) is 4.66. The molecule has 2 amide bonds. The molecule has 0 aliphatic heterocycles. The van der Waals surface area contributed by atoms with Crippen LogP contribution in [0.5, 0.6) is 17.2 Å². The molecule has 2 rings (SSSR count). The highest BCUT2D eigenvalue weighted by molar-refractivity contribution is 5.82. The number of amides is 2. The number of rotatable bonds is 9. The normalized spacial score (nSPS) is 18.2. The third kappa shape index (κ3) is 5.01. The van der Waals surface area contributed by atoms with Gasteiger partial charge in [0.05, 0.1) is 21.3 Å². The largest absolute Gasteiger partial charge is 0.496 e. The predicted molar refractivity (Wildman–Crippen MR) is 92.8 cm³/mol. The Kier molecular flexibility index (Phi) is 6.50. The van der Waals surface area contributed by atoms with Crippen molar-refractivity contribution < 1.29 is 23.8 Å². The lowest BCUT2D eigenvalue weighted by molar-refractivity contribution is -0.123. The molecule has 1 aromatic carbocycles. The van der Waals surface area contributed by atoms with Crippen molar-refractivity contribution in [3.8, 4) is 17.2 Å². The zero-order chi connectivity index (χ0) is 18.4. The highest BCUT2D eigenvalue weighted by Crippen LogP contribution is 2.37. The van der Waals surface area contributed by atoms with Gasteiger partial charge in [0.2, 0.25) is 11.8 Å². The second-order valence-corrected chi connectivity index (χ2v) is 6.16. The van der Waals surface area contributed by atoms with Crippen LogP contribution in [0.25, 0.3) is 0 Å². The molecule has 1 aliphatic rings. The number of benzene rings is 1. The van der Waals surface area contributed by atoms with Crippen LogP contribution in [-0.2, 0) is 16.1 Å². The fraction of sp³-hybridized carbons (Fsp3) is 0.556. The van der Waals surface area contributed by atoms with Crippen LogP contribution < -0.4 is 24.8 Å². The Hall–Kier alpha value is -2.44. The van der Waals surface area contributed by atoms with Crippen molar-refractivity contribution >= 4 is 11.8 Å². The van der Waals surface area contributed by atoms with E-state index in [0.717, 1.165) is 12.0 Å². The number of hydrogen-bond acceptors (Lipinski definition) is 5. The van der Waals surface area contributed by atoms with Crippen LogP contribution in [0.1, 0.15) is 25.3 Å². The smallest absolute Gasteiger partial charge is 0.223 e. The van der Waals surface area contributed by atoms with E-state index in [2.05, 4.69) is 10.6 Å². The third-order valence-electron chi connectivity index (χ3n) is 4.36. The Morgan fingerprint density at radius 1 is 1.04 bits per heavy atom. The Balaban J connectivity index is 1.83. The zero-order valence-corrected chi connectivity index (χ0v) is 15.2. The van der Waals surface area contributed by atoms with Crippen LogP contribution in [0, 0.1) is 11.8 Å². The van der Waals surface area contributed by atoms with Crippen LogP contribution >= 0.6 is 0 Å². The van der Waals surface area contributed by atoms with E-state index in [1.54, 1.807) is 33.5 Å². The van der Waals surface area contributed by atoms with Crippen molar-refractivity contribution in [2.45, 2.75) is 26.3 Å². The van der Waals surface area contributed by atoms with Gasteiger partial charge in [0, 0.05) is 37.1 Å². The maximum Gasteiger partial charge on any atom is 0.223 e. The van der Waals surface area contributed by atoms with Crippen LogP contribution in [0.3, 0.4) is 0 Å². The van der Waals surface area contributed by atoms with Gasteiger partial charge >= 0.3 is 0 Å². The highest BCUT2D eigenvalue weighted by Gasteiger charge is 2.38. The molecule has 0 aromatic heterocycles. The summed E-state index contributed by atoms with van der Waals surface area (Å²) in [5.41, 5.74) is 0.782. The minimum absolute atomic E-state index is 0.0434. The molecule has 1 aliphatic carbocycles. The molecule has 0 spiro atoms. The van der Waals surface area contributed by atoms with Gasteiger partial charge in [-0.05, 0) is 18.4 Å². The van der Waals surface area contributed by atoms with Crippen LogP contribution in [0.4, 0.5) is 0 Å². The number of hydrogen-bond donors (Lipinski definition) is 2. The molecule has 0 saturated heterocycles. The number of carbonyl (C=O) groups is 2. The Labute approximate surface area is 148 Å². The quantitative estimate of drug-likeness (QED) is 0.705. The van der Waals surface area contributed by atoms with E-state index >= 15 is 0 Å². The first kappa shape index (κ1) is 18.9. The fourth-order valence-electron chi connectivity index (χ4n) is 2.63. The molecule has 1 fully saturated rings. The van der Waals surface area contributed by atoms with Gasteiger partial charge in [0.25, 0.3) is 0 Å². The first-order chi connectivity index (χ1) is 12.0. The highest BCUT2D eigenvalue weighted by atomic mass is 16.5. The molecule has 2 unspecified atom stereocenters. The van der Waals surface area contributed by atoms with Crippen molar-refractivity contribution in [1.29, 1.82) is 0 Å². The Morgan fingerprint density at radius 2 is 1.64 bits per heavy atom. The molecule has 25 heavy (non-hydrogen) atoms. The lowest BCUT2D eigenvalue weighted by Gasteiger charge is -2.14. The van der Waals surface area contributed by atoms with Crippen molar-refractivity contribution in [3.63, 3.8) is 0 Å². The maximum atomic E-state index is 12.0. The summed E-state index contributed by atoms with van der Waals surface area (Å²) in [6.45, 7) is 2.69. The SMILES string of the molecule is COc1cc(OC)c(OC)cc1CNC(=O)CCNC(=O)C1CC1C. The first-order valence-electron chi connectivity index (χ1n) is 8.33. The molecule has 7 heteroatoms. The molecule has 138 valence electrons. The van der Waals surface area contributed by atoms with Gasteiger partial charge in [-0.15, -0.1) is 0 Å². The molecule has 1 aromatic rings. The summed E-state index contributed by atoms with van der Waals surface area (Å²) in [6.07, 6.45) is 1.18. The minimum Gasteiger partial charge on any atom is -0.496 e. The third-order valence-corrected chi connectivity index (χ3v) is 4.36. The van der Waals surface area contributed by atoms with E-state index in [4.69, 9.17) is 14.2 Å². The first-order valence-corrected chi connectivity index (χ1v) is 8.33. The molecule has 2 atom stereocenters. The van der Waals surface area contributed by atoms with Gasteiger partial charge in [-0.25, -0.2) is 0 Å². The average Bonchev–Trinajstić information content (AvgIpc) is 3.35. The summed E-state index contributed by atoms with van der Waals surface area (Å²) in [5.74, 6) is 2.23. The molecule has 1 saturated carbocycles. The second kappa shape index (κ2) is 8.60. The zero-order valence-electron chi connectivity index (χ0n) is 15.2. The van der Waals surface area contributed by atoms with Crippen molar-refractivity contribution in [2.75, 3.05) is 27.9 Å². The summed E-state index contributed by atoms with van der Waals surface area (Å²) in [4.78, 5) is 23.7. The van der Waals surface area contributed by atoms with Gasteiger partial charge in [0.15, 0.2) is 11.5 Å². The van der Waals surface area contributed by atoms with Gasteiger partial charge in [-0.1, -0.05) is 6.92 Å². The number of methoxy groups -OCH3 is 3. The topological polar surface area (TPSA) is 85.9 Å². The number of carbonyl (C=O) groups excluding carboxylic acids is 2. The van der Waals surface area contributed by atoms with Gasteiger partial charge < -0.3 is 24.8 Å². The lowest BCUT2D eigenvalue weighted by atomic mass is 10.1. The van der Waals surface area contributed by atoms with Gasteiger partial charge in [-0.3, -0.25) is 9.59 Å². The Bertz CT molecular complexity index is 632. The predicted octanol–water partition coefficient (Wildman–Crippen LogP) is 1.49. The van der Waals surface area contributed by atoms with E-state index in [1.807, 2.05) is 6.92 Å². The van der Waals surface area contributed by atoms with Crippen LogP contribution in [0.2, 0.25) is 0 Å². The average molecular weight is 350 g/mol. The van der Waals surface area contributed by atoms with E-state index in [0.29, 0.717) is 36.3 Å². The van der Waals surface area contributed by atoms with Crippen molar-refractivity contribution in [2.24, 2.45) is 11.8 Å². The molecule has 2 N–H and O–H groups in total. The van der Waals surface area contributed by atoms with E-state index in [1.165, 1.54) is 0 Å². The number of nitrogens with one attached hydrogen (secondary N) is 2.